The van der Waals surface area contributed by atoms with Crippen molar-refractivity contribution in [3.63, 3.8) is 0 Å². The van der Waals surface area contributed by atoms with Crippen LogP contribution in [0.5, 0.6) is 0 Å². The molecule has 0 saturated carbocycles. The van der Waals surface area contributed by atoms with E-state index in [0.717, 1.165) is 49.3 Å². The van der Waals surface area contributed by atoms with E-state index in [1.54, 1.807) is 0 Å². The number of carbonyl (C=O) groups is 1. The fourth-order valence-corrected chi connectivity index (χ4v) is 3.59. The molecular weight excluding hydrogens is 390 g/mol. The monoisotopic (exact) mass is 415 g/mol. The summed E-state index contributed by atoms with van der Waals surface area (Å²) in [6, 6.07) is 18.2. The van der Waals surface area contributed by atoms with Gasteiger partial charge in [0, 0.05) is 36.3 Å². The molecule has 1 aliphatic rings. The normalized spacial score (nSPS) is 17.5. The molecule has 138 valence electrons. The first kappa shape index (κ1) is 19.1. The summed E-state index contributed by atoms with van der Waals surface area (Å²) in [6.45, 7) is 6.93. The molecule has 2 aromatic rings. The maximum Gasteiger partial charge on any atom is 0.241 e. The highest BCUT2D eigenvalue weighted by atomic mass is 79.9. The number of halogens is 1. The van der Waals surface area contributed by atoms with Crippen molar-refractivity contribution < 1.29 is 4.79 Å². The molecule has 5 heteroatoms. The van der Waals surface area contributed by atoms with Crippen molar-refractivity contribution in [3.05, 3.63) is 64.6 Å². The van der Waals surface area contributed by atoms with E-state index in [1.165, 1.54) is 5.56 Å². The van der Waals surface area contributed by atoms with Crippen LogP contribution in [0.2, 0.25) is 0 Å². The van der Waals surface area contributed by atoms with E-state index in [-0.39, 0.29) is 11.9 Å². The van der Waals surface area contributed by atoms with Crippen LogP contribution in [-0.4, -0.2) is 47.9 Å². The molecule has 1 amide bonds. The fourth-order valence-electron chi connectivity index (χ4n) is 3.32. The number of amides is 1. The molecule has 1 heterocycles. The first-order valence-corrected chi connectivity index (χ1v) is 9.98. The number of hydrogen-bond donors (Lipinski definition) is 1. The van der Waals surface area contributed by atoms with Gasteiger partial charge in [-0.2, -0.15) is 0 Å². The summed E-state index contributed by atoms with van der Waals surface area (Å²) in [6.07, 6.45) is 1.09. The number of carbonyl (C=O) groups excluding carboxylic acids is 1. The minimum atomic E-state index is -0.129. The zero-order valence-electron chi connectivity index (χ0n) is 15.2. The van der Waals surface area contributed by atoms with Gasteiger partial charge in [-0.05, 0) is 49.7 Å². The Kier molecular flexibility index (Phi) is 6.83. The van der Waals surface area contributed by atoms with Gasteiger partial charge >= 0.3 is 0 Å². The molecule has 1 N–H and O–H groups in total. The van der Waals surface area contributed by atoms with Gasteiger partial charge < -0.3 is 5.32 Å². The number of hydrogen-bond acceptors (Lipinski definition) is 3. The first-order valence-electron chi connectivity index (χ1n) is 9.18. The maximum absolute atomic E-state index is 12.6. The third-order valence-corrected chi connectivity index (χ3v) is 5.44. The van der Waals surface area contributed by atoms with Crippen molar-refractivity contribution >= 4 is 27.5 Å². The molecular formula is C21H26BrN3O. The Labute approximate surface area is 164 Å². The SMILES string of the molecule is CC(C(=O)Nc1ccc(Br)cc1)N1CCCN(Cc2ccccc2)CC1. The molecule has 26 heavy (non-hydrogen) atoms. The highest BCUT2D eigenvalue weighted by molar-refractivity contribution is 9.10. The predicted molar refractivity (Wildman–Crippen MR) is 110 cm³/mol. The minimum absolute atomic E-state index is 0.0591. The summed E-state index contributed by atoms with van der Waals surface area (Å²) >= 11 is 3.42. The number of benzene rings is 2. The zero-order chi connectivity index (χ0) is 18.4. The van der Waals surface area contributed by atoms with Gasteiger partial charge in [0.2, 0.25) is 5.91 Å². The van der Waals surface area contributed by atoms with Gasteiger partial charge in [0.05, 0.1) is 6.04 Å². The molecule has 3 rings (SSSR count). The Morgan fingerprint density at radius 3 is 2.50 bits per heavy atom. The quantitative estimate of drug-likeness (QED) is 0.801. The smallest absolute Gasteiger partial charge is 0.241 e. The molecule has 0 bridgehead atoms. The molecule has 1 saturated heterocycles. The molecule has 1 unspecified atom stereocenters. The lowest BCUT2D eigenvalue weighted by molar-refractivity contribution is -0.120. The Morgan fingerprint density at radius 2 is 1.77 bits per heavy atom. The summed E-state index contributed by atoms with van der Waals surface area (Å²) in [5.41, 5.74) is 2.19. The minimum Gasteiger partial charge on any atom is -0.325 e. The topological polar surface area (TPSA) is 35.6 Å². The van der Waals surface area contributed by atoms with Crippen molar-refractivity contribution in [2.75, 3.05) is 31.5 Å². The van der Waals surface area contributed by atoms with Gasteiger partial charge in [-0.3, -0.25) is 14.6 Å². The van der Waals surface area contributed by atoms with Crippen LogP contribution in [0.1, 0.15) is 18.9 Å². The molecule has 1 atom stereocenters. The van der Waals surface area contributed by atoms with Gasteiger partial charge in [0.1, 0.15) is 0 Å². The van der Waals surface area contributed by atoms with E-state index in [9.17, 15) is 4.79 Å². The summed E-state index contributed by atoms with van der Waals surface area (Å²) in [5.74, 6) is 0.0591. The largest absolute Gasteiger partial charge is 0.325 e. The van der Waals surface area contributed by atoms with Gasteiger partial charge in [0.25, 0.3) is 0 Å². The van der Waals surface area contributed by atoms with Gasteiger partial charge in [-0.25, -0.2) is 0 Å². The van der Waals surface area contributed by atoms with Crippen LogP contribution in [0.4, 0.5) is 5.69 Å². The lowest BCUT2D eigenvalue weighted by Gasteiger charge is -2.27. The van der Waals surface area contributed by atoms with E-state index in [2.05, 4.69) is 61.4 Å². The fraction of sp³-hybridized carbons (Fsp3) is 0.381. The van der Waals surface area contributed by atoms with Crippen LogP contribution in [-0.2, 0) is 11.3 Å². The number of nitrogens with zero attached hydrogens (tertiary/aromatic N) is 2. The number of anilines is 1. The van der Waals surface area contributed by atoms with Crippen LogP contribution < -0.4 is 5.32 Å². The Balaban J connectivity index is 1.52. The van der Waals surface area contributed by atoms with E-state index >= 15 is 0 Å². The second kappa shape index (κ2) is 9.31. The Hall–Kier alpha value is -1.69. The molecule has 0 spiro atoms. The second-order valence-corrected chi connectivity index (χ2v) is 7.74. The molecule has 0 aromatic heterocycles. The molecule has 4 nitrogen and oxygen atoms in total. The van der Waals surface area contributed by atoms with Gasteiger partial charge in [-0.1, -0.05) is 46.3 Å². The lowest BCUT2D eigenvalue weighted by atomic mass is 10.2. The van der Waals surface area contributed by atoms with Crippen molar-refractivity contribution in [1.29, 1.82) is 0 Å². The third kappa shape index (κ3) is 5.40. The highest BCUT2D eigenvalue weighted by Gasteiger charge is 2.24. The summed E-state index contributed by atoms with van der Waals surface area (Å²) in [4.78, 5) is 17.4. The number of nitrogens with one attached hydrogen (secondary N) is 1. The molecule has 2 aromatic carbocycles. The third-order valence-electron chi connectivity index (χ3n) is 4.91. The molecule has 0 radical (unpaired) electrons. The predicted octanol–water partition coefficient (Wildman–Crippen LogP) is 3.98. The number of rotatable bonds is 5. The van der Waals surface area contributed by atoms with Crippen LogP contribution in [0.25, 0.3) is 0 Å². The average Bonchev–Trinajstić information content (AvgIpc) is 2.89. The molecule has 1 aliphatic heterocycles. The Bertz CT molecular complexity index is 705. The standard InChI is InChI=1S/C21H26BrN3O/c1-17(21(26)23-20-10-8-19(22)9-11-20)25-13-5-12-24(14-15-25)16-18-6-3-2-4-7-18/h2-4,6-11,17H,5,12-16H2,1H3,(H,23,26). The van der Waals surface area contributed by atoms with Crippen molar-refractivity contribution in [2.45, 2.75) is 25.9 Å². The lowest BCUT2D eigenvalue weighted by Crippen LogP contribution is -2.43. The van der Waals surface area contributed by atoms with Crippen LogP contribution >= 0.6 is 15.9 Å². The van der Waals surface area contributed by atoms with Crippen LogP contribution in [0, 0.1) is 0 Å². The zero-order valence-corrected chi connectivity index (χ0v) is 16.8. The summed E-state index contributed by atoms with van der Waals surface area (Å²) in [5, 5.41) is 3.02. The van der Waals surface area contributed by atoms with Crippen LogP contribution in [0.15, 0.2) is 59.1 Å². The summed E-state index contributed by atoms with van der Waals surface area (Å²) in [7, 11) is 0. The van der Waals surface area contributed by atoms with E-state index in [0.29, 0.717) is 0 Å². The van der Waals surface area contributed by atoms with Crippen molar-refractivity contribution in [3.8, 4) is 0 Å². The van der Waals surface area contributed by atoms with Gasteiger partial charge in [-0.15, -0.1) is 0 Å². The second-order valence-electron chi connectivity index (χ2n) is 6.82. The van der Waals surface area contributed by atoms with E-state index in [4.69, 9.17) is 0 Å². The van der Waals surface area contributed by atoms with E-state index in [1.807, 2.05) is 31.2 Å². The molecule has 1 fully saturated rings. The first-order chi connectivity index (χ1) is 12.6. The average molecular weight is 416 g/mol. The van der Waals surface area contributed by atoms with Crippen LogP contribution in [0.3, 0.4) is 0 Å². The van der Waals surface area contributed by atoms with E-state index < -0.39 is 0 Å². The summed E-state index contributed by atoms with van der Waals surface area (Å²) < 4.78 is 1.01. The molecule has 0 aliphatic carbocycles. The Morgan fingerprint density at radius 1 is 1.04 bits per heavy atom. The van der Waals surface area contributed by atoms with Crippen molar-refractivity contribution in [1.82, 2.24) is 9.80 Å². The maximum atomic E-state index is 12.6. The van der Waals surface area contributed by atoms with Crippen molar-refractivity contribution in [2.24, 2.45) is 0 Å². The highest BCUT2D eigenvalue weighted by Crippen LogP contribution is 2.16. The van der Waals surface area contributed by atoms with Gasteiger partial charge in [0.15, 0.2) is 0 Å².